The van der Waals surface area contributed by atoms with Crippen LogP contribution in [0.4, 0.5) is 5.69 Å². The fraction of sp³-hybridized carbons (Fsp3) is 0.250. The van der Waals surface area contributed by atoms with Crippen LogP contribution in [-0.4, -0.2) is 29.8 Å². The molecule has 0 aliphatic carbocycles. The second kappa shape index (κ2) is 5.31. The van der Waals surface area contributed by atoms with E-state index < -0.39 is 11.8 Å². The molecule has 0 atom stereocenters. The molecule has 0 fully saturated rings. The van der Waals surface area contributed by atoms with Crippen LogP contribution >= 0.6 is 0 Å². The minimum atomic E-state index is -1.24. The van der Waals surface area contributed by atoms with Gasteiger partial charge in [-0.1, -0.05) is 0 Å². The van der Waals surface area contributed by atoms with Gasteiger partial charge in [-0.15, -0.1) is 0 Å². The van der Waals surface area contributed by atoms with Crippen molar-refractivity contribution in [3.8, 4) is 5.75 Å². The molecular formula is C12H13NO5. The maximum atomic E-state index is 11.9. The second-order valence-corrected chi connectivity index (χ2v) is 3.71. The summed E-state index contributed by atoms with van der Waals surface area (Å²) in [6, 6.07) is 2.59. The molecule has 96 valence electrons. The normalized spacial score (nSPS) is 9.89. The Bertz CT molecular complexity index is 521. The molecule has 18 heavy (non-hydrogen) atoms. The van der Waals surface area contributed by atoms with Crippen LogP contribution in [-0.2, 0) is 4.79 Å². The zero-order chi connectivity index (χ0) is 13.9. The average molecular weight is 251 g/mol. The van der Waals surface area contributed by atoms with Gasteiger partial charge in [0.05, 0.1) is 30.3 Å². The Labute approximate surface area is 103 Å². The van der Waals surface area contributed by atoms with E-state index in [1.807, 2.05) is 0 Å². The standard InChI is InChI=1S/C12H13NO5/c1-6(14)5-8(15)10-9(18-2)4-3-7(11(10)13)12(16)17/h3-4H,5,13H2,1-2H3,(H,16,17). The van der Waals surface area contributed by atoms with Crippen molar-refractivity contribution in [2.45, 2.75) is 13.3 Å². The highest BCUT2D eigenvalue weighted by atomic mass is 16.5. The molecule has 0 radical (unpaired) electrons. The smallest absolute Gasteiger partial charge is 0.337 e. The number of anilines is 1. The molecule has 0 bridgehead atoms. The van der Waals surface area contributed by atoms with Gasteiger partial charge in [0.1, 0.15) is 11.5 Å². The third-order valence-corrected chi connectivity index (χ3v) is 2.35. The number of carbonyl (C=O) groups is 3. The van der Waals surface area contributed by atoms with Gasteiger partial charge in [0.2, 0.25) is 0 Å². The van der Waals surface area contributed by atoms with Crippen molar-refractivity contribution in [3.63, 3.8) is 0 Å². The number of rotatable bonds is 5. The Morgan fingerprint density at radius 2 is 1.94 bits per heavy atom. The molecule has 6 nitrogen and oxygen atoms in total. The van der Waals surface area contributed by atoms with Crippen LogP contribution in [0.15, 0.2) is 12.1 Å². The van der Waals surface area contributed by atoms with Gasteiger partial charge in [0.25, 0.3) is 0 Å². The molecule has 0 aromatic heterocycles. The van der Waals surface area contributed by atoms with Crippen molar-refractivity contribution in [1.82, 2.24) is 0 Å². The molecule has 0 amide bonds. The fourth-order valence-electron chi connectivity index (χ4n) is 1.56. The number of benzene rings is 1. The van der Waals surface area contributed by atoms with Crippen LogP contribution in [0, 0.1) is 0 Å². The van der Waals surface area contributed by atoms with Gasteiger partial charge in [0, 0.05) is 0 Å². The van der Waals surface area contributed by atoms with Gasteiger partial charge in [-0.05, 0) is 19.1 Å². The van der Waals surface area contributed by atoms with Crippen LogP contribution < -0.4 is 10.5 Å². The number of hydrogen-bond acceptors (Lipinski definition) is 5. The lowest BCUT2D eigenvalue weighted by atomic mass is 9.99. The summed E-state index contributed by atoms with van der Waals surface area (Å²) < 4.78 is 4.96. The van der Waals surface area contributed by atoms with Gasteiger partial charge in [-0.3, -0.25) is 9.59 Å². The van der Waals surface area contributed by atoms with Crippen LogP contribution in [0.5, 0.6) is 5.75 Å². The van der Waals surface area contributed by atoms with E-state index in [2.05, 4.69) is 0 Å². The number of aromatic carboxylic acids is 1. The van der Waals surface area contributed by atoms with Crippen LogP contribution in [0.3, 0.4) is 0 Å². The minimum absolute atomic E-state index is 0.0624. The van der Waals surface area contributed by atoms with E-state index in [0.717, 1.165) is 0 Å². The van der Waals surface area contributed by atoms with Gasteiger partial charge in [-0.25, -0.2) is 4.79 Å². The third kappa shape index (κ3) is 2.65. The molecule has 0 spiro atoms. The van der Waals surface area contributed by atoms with E-state index in [4.69, 9.17) is 15.6 Å². The van der Waals surface area contributed by atoms with Crippen molar-refractivity contribution >= 4 is 23.2 Å². The molecule has 0 saturated heterocycles. The Balaban J connectivity index is 3.38. The minimum Gasteiger partial charge on any atom is -0.496 e. The first-order valence-corrected chi connectivity index (χ1v) is 5.10. The largest absolute Gasteiger partial charge is 0.496 e. The highest BCUT2D eigenvalue weighted by Gasteiger charge is 2.22. The first kappa shape index (κ1) is 13.7. The molecule has 0 unspecified atom stereocenters. The summed E-state index contributed by atoms with van der Waals surface area (Å²) in [6.07, 6.45) is -0.344. The molecule has 1 aromatic carbocycles. The molecule has 0 saturated carbocycles. The lowest BCUT2D eigenvalue weighted by Gasteiger charge is -2.11. The summed E-state index contributed by atoms with van der Waals surface area (Å²) in [6.45, 7) is 1.27. The monoisotopic (exact) mass is 251 g/mol. The summed E-state index contributed by atoms with van der Waals surface area (Å²) in [4.78, 5) is 33.7. The van der Waals surface area contributed by atoms with E-state index in [1.54, 1.807) is 0 Å². The predicted octanol–water partition coefficient (Wildman–Crippen LogP) is 1.14. The predicted molar refractivity (Wildman–Crippen MR) is 64.0 cm³/mol. The Kier molecular flexibility index (Phi) is 4.04. The number of hydrogen-bond donors (Lipinski definition) is 2. The number of nitrogen functional groups attached to an aromatic ring is 1. The third-order valence-electron chi connectivity index (χ3n) is 2.35. The number of ether oxygens (including phenoxy) is 1. The molecule has 1 aromatic rings. The molecule has 0 heterocycles. The van der Waals surface area contributed by atoms with E-state index in [9.17, 15) is 14.4 Å². The number of carboxylic acid groups (broad SMARTS) is 1. The molecular weight excluding hydrogens is 238 g/mol. The number of nitrogens with two attached hydrogens (primary N) is 1. The maximum Gasteiger partial charge on any atom is 0.337 e. The van der Waals surface area contributed by atoms with Crippen molar-refractivity contribution in [2.24, 2.45) is 0 Å². The lowest BCUT2D eigenvalue weighted by Crippen LogP contribution is -2.13. The zero-order valence-electron chi connectivity index (χ0n) is 10.0. The highest BCUT2D eigenvalue weighted by molar-refractivity contribution is 6.14. The van der Waals surface area contributed by atoms with Crippen LogP contribution in [0.2, 0.25) is 0 Å². The highest BCUT2D eigenvalue weighted by Crippen LogP contribution is 2.29. The van der Waals surface area contributed by atoms with Crippen molar-refractivity contribution in [2.75, 3.05) is 12.8 Å². The SMILES string of the molecule is COc1ccc(C(=O)O)c(N)c1C(=O)CC(C)=O. The summed E-state index contributed by atoms with van der Waals surface area (Å²) in [5.41, 5.74) is 5.20. The zero-order valence-corrected chi connectivity index (χ0v) is 10.0. The molecule has 3 N–H and O–H groups in total. The second-order valence-electron chi connectivity index (χ2n) is 3.71. The average Bonchev–Trinajstić information content (AvgIpc) is 2.26. The Morgan fingerprint density at radius 1 is 1.33 bits per heavy atom. The summed E-state index contributed by atoms with van der Waals surface area (Å²) >= 11 is 0. The van der Waals surface area contributed by atoms with Gasteiger partial charge in [0.15, 0.2) is 5.78 Å². The van der Waals surface area contributed by atoms with E-state index in [0.29, 0.717) is 0 Å². The van der Waals surface area contributed by atoms with E-state index in [-0.39, 0.29) is 34.8 Å². The van der Waals surface area contributed by atoms with Crippen LogP contribution in [0.25, 0.3) is 0 Å². The quantitative estimate of drug-likeness (QED) is 0.461. The number of Topliss-reactive ketones (excluding diaryl/α,β-unsaturated/α-hetero) is 2. The molecule has 0 aliphatic heterocycles. The van der Waals surface area contributed by atoms with Gasteiger partial charge >= 0.3 is 5.97 Å². The first-order chi connectivity index (χ1) is 8.38. The number of carbonyl (C=O) groups excluding carboxylic acids is 2. The van der Waals surface area contributed by atoms with Crippen molar-refractivity contribution < 1.29 is 24.2 Å². The molecule has 0 aliphatic rings. The Hall–Kier alpha value is -2.37. The Morgan fingerprint density at radius 3 is 2.39 bits per heavy atom. The topological polar surface area (TPSA) is 107 Å². The molecule has 1 rings (SSSR count). The first-order valence-electron chi connectivity index (χ1n) is 5.10. The molecule has 6 heteroatoms. The number of methoxy groups -OCH3 is 1. The van der Waals surface area contributed by atoms with Gasteiger partial charge in [-0.2, -0.15) is 0 Å². The summed E-state index contributed by atoms with van der Waals surface area (Å²) in [7, 11) is 1.33. The summed E-state index contributed by atoms with van der Waals surface area (Å²) in [5.74, 6) is -1.97. The van der Waals surface area contributed by atoms with Crippen LogP contribution in [0.1, 0.15) is 34.1 Å². The van der Waals surface area contributed by atoms with E-state index in [1.165, 1.54) is 26.2 Å². The van der Waals surface area contributed by atoms with Gasteiger partial charge < -0.3 is 15.6 Å². The lowest BCUT2D eigenvalue weighted by molar-refractivity contribution is -0.116. The number of ketones is 2. The van der Waals surface area contributed by atoms with Crippen molar-refractivity contribution in [3.05, 3.63) is 23.3 Å². The maximum absolute atomic E-state index is 11.9. The number of carboxylic acids is 1. The summed E-state index contributed by atoms with van der Waals surface area (Å²) in [5, 5.41) is 8.92. The van der Waals surface area contributed by atoms with Crippen molar-refractivity contribution in [1.29, 1.82) is 0 Å². The van der Waals surface area contributed by atoms with E-state index >= 15 is 0 Å². The fourth-order valence-corrected chi connectivity index (χ4v) is 1.56.